The molecule has 0 fully saturated rings. The van der Waals surface area contributed by atoms with E-state index in [4.69, 9.17) is 0 Å². The highest BCUT2D eigenvalue weighted by Gasteiger charge is 2.25. The summed E-state index contributed by atoms with van der Waals surface area (Å²) >= 11 is 0. The van der Waals surface area contributed by atoms with E-state index in [1.165, 1.54) is 12.3 Å². The fourth-order valence-corrected chi connectivity index (χ4v) is 2.16. The van der Waals surface area contributed by atoms with Gasteiger partial charge in [0, 0.05) is 11.6 Å². The van der Waals surface area contributed by atoms with Gasteiger partial charge in [0.2, 0.25) is 0 Å². The first kappa shape index (κ1) is 12.5. The quantitative estimate of drug-likeness (QED) is 0.840. The van der Waals surface area contributed by atoms with Crippen molar-refractivity contribution >= 4 is 16.9 Å². The van der Waals surface area contributed by atoms with Crippen molar-refractivity contribution in [3.05, 3.63) is 41.3 Å². The third-order valence-corrected chi connectivity index (χ3v) is 2.83. The first-order valence-corrected chi connectivity index (χ1v) is 5.63. The zero-order valence-electron chi connectivity index (χ0n) is 10.5. The van der Waals surface area contributed by atoms with Crippen LogP contribution >= 0.6 is 0 Å². The Morgan fingerprint density at radius 3 is 2.56 bits per heavy atom. The van der Waals surface area contributed by atoms with Crippen LogP contribution in [0.4, 0.5) is 4.39 Å². The molecular weight excluding hydrogens is 233 g/mol. The summed E-state index contributed by atoms with van der Waals surface area (Å²) in [7, 11) is 0. The lowest BCUT2D eigenvalue weighted by molar-refractivity contribution is 0.0694. The number of para-hydroxylation sites is 1. The van der Waals surface area contributed by atoms with Gasteiger partial charge in [0.1, 0.15) is 11.3 Å². The summed E-state index contributed by atoms with van der Waals surface area (Å²) in [6.07, 6.45) is 1.23. The van der Waals surface area contributed by atoms with Crippen molar-refractivity contribution < 1.29 is 14.3 Å². The number of hydrogen-bond donors (Lipinski definition) is 1. The van der Waals surface area contributed by atoms with E-state index in [0.29, 0.717) is 10.9 Å². The standard InChI is InChI=1S/C14H14FNO2/c1-14(2,3)11-8-5-4-6-10(15)12(8)16-7-9(11)13(17)18/h4-7H,1-3H3,(H,17,18). The van der Waals surface area contributed by atoms with E-state index in [1.54, 1.807) is 12.1 Å². The lowest BCUT2D eigenvalue weighted by atomic mass is 9.82. The second-order valence-electron chi connectivity index (χ2n) is 5.24. The van der Waals surface area contributed by atoms with Gasteiger partial charge >= 0.3 is 5.97 Å². The molecule has 0 radical (unpaired) electrons. The molecule has 0 spiro atoms. The van der Waals surface area contributed by atoms with E-state index in [2.05, 4.69) is 4.98 Å². The van der Waals surface area contributed by atoms with Gasteiger partial charge in [-0.15, -0.1) is 0 Å². The Bertz CT molecular complexity index is 629. The zero-order chi connectivity index (χ0) is 13.5. The minimum absolute atomic E-state index is 0.126. The molecule has 1 aromatic carbocycles. The molecule has 18 heavy (non-hydrogen) atoms. The Morgan fingerprint density at radius 2 is 2.00 bits per heavy atom. The smallest absolute Gasteiger partial charge is 0.337 e. The lowest BCUT2D eigenvalue weighted by Gasteiger charge is -2.23. The molecule has 2 rings (SSSR count). The number of carbonyl (C=O) groups is 1. The largest absolute Gasteiger partial charge is 0.478 e. The van der Waals surface area contributed by atoms with Crippen LogP contribution < -0.4 is 0 Å². The molecule has 2 aromatic rings. The van der Waals surface area contributed by atoms with Crippen molar-refractivity contribution in [2.45, 2.75) is 26.2 Å². The molecular formula is C14H14FNO2. The van der Waals surface area contributed by atoms with Gasteiger partial charge < -0.3 is 5.11 Å². The van der Waals surface area contributed by atoms with Gasteiger partial charge in [-0.1, -0.05) is 32.9 Å². The van der Waals surface area contributed by atoms with E-state index >= 15 is 0 Å². The maximum absolute atomic E-state index is 13.7. The molecule has 0 amide bonds. The fourth-order valence-electron chi connectivity index (χ4n) is 2.16. The van der Waals surface area contributed by atoms with Gasteiger partial charge in [-0.3, -0.25) is 4.98 Å². The second-order valence-corrected chi connectivity index (χ2v) is 5.24. The van der Waals surface area contributed by atoms with Crippen LogP contribution in [0.1, 0.15) is 36.7 Å². The van der Waals surface area contributed by atoms with Crippen LogP contribution in [0.5, 0.6) is 0 Å². The minimum Gasteiger partial charge on any atom is -0.478 e. The van der Waals surface area contributed by atoms with Gasteiger partial charge in [0.05, 0.1) is 5.56 Å². The van der Waals surface area contributed by atoms with Gasteiger partial charge in [-0.05, 0) is 17.0 Å². The third-order valence-electron chi connectivity index (χ3n) is 2.83. The number of carboxylic acid groups (broad SMARTS) is 1. The van der Waals surface area contributed by atoms with Gasteiger partial charge in [0.15, 0.2) is 0 Å². The molecule has 4 heteroatoms. The van der Waals surface area contributed by atoms with Gasteiger partial charge in [-0.2, -0.15) is 0 Å². The van der Waals surface area contributed by atoms with Crippen molar-refractivity contribution in [3.8, 4) is 0 Å². The molecule has 0 aliphatic carbocycles. The molecule has 1 N–H and O–H groups in total. The number of fused-ring (bicyclic) bond motifs is 1. The van der Waals surface area contributed by atoms with E-state index in [0.717, 1.165) is 0 Å². The Balaban J connectivity index is 2.95. The van der Waals surface area contributed by atoms with Crippen LogP contribution in [-0.4, -0.2) is 16.1 Å². The Hall–Kier alpha value is -1.97. The Kier molecular flexibility index (Phi) is 2.81. The summed E-state index contributed by atoms with van der Waals surface area (Å²) in [5, 5.41) is 9.78. The average Bonchev–Trinajstić information content (AvgIpc) is 2.26. The predicted octanol–water partition coefficient (Wildman–Crippen LogP) is 3.37. The SMILES string of the molecule is CC(C)(C)c1c(C(=O)O)cnc2c(F)cccc12. The maximum atomic E-state index is 13.7. The lowest BCUT2D eigenvalue weighted by Crippen LogP contribution is -2.18. The van der Waals surface area contributed by atoms with Crippen molar-refractivity contribution in [2.75, 3.05) is 0 Å². The normalized spacial score (nSPS) is 11.8. The summed E-state index contributed by atoms with van der Waals surface area (Å²) in [6, 6.07) is 4.60. The zero-order valence-corrected chi connectivity index (χ0v) is 10.5. The van der Waals surface area contributed by atoms with Crippen molar-refractivity contribution in [1.82, 2.24) is 4.98 Å². The minimum atomic E-state index is -1.04. The molecule has 0 atom stereocenters. The summed E-state index contributed by atoms with van der Waals surface area (Å²) in [5.41, 5.74) is 0.551. The third kappa shape index (κ3) is 1.94. The first-order chi connectivity index (χ1) is 8.32. The molecule has 3 nitrogen and oxygen atoms in total. The summed E-state index contributed by atoms with van der Waals surface area (Å²) in [6.45, 7) is 5.71. The van der Waals surface area contributed by atoms with Gasteiger partial charge in [-0.25, -0.2) is 9.18 Å². The molecule has 0 aliphatic heterocycles. The van der Waals surface area contributed by atoms with Crippen LogP contribution in [0.15, 0.2) is 24.4 Å². The van der Waals surface area contributed by atoms with Crippen LogP contribution in [0, 0.1) is 5.82 Å². The van der Waals surface area contributed by atoms with E-state index < -0.39 is 17.2 Å². The number of hydrogen-bond acceptors (Lipinski definition) is 2. The number of rotatable bonds is 1. The fraction of sp³-hybridized carbons (Fsp3) is 0.286. The molecule has 0 unspecified atom stereocenters. The number of carboxylic acids is 1. The topological polar surface area (TPSA) is 50.2 Å². The number of halogens is 1. The number of benzene rings is 1. The summed E-state index contributed by atoms with van der Waals surface area (Å²) < 4.78 is 13.7. The molecule has 94 valence electrons. The van der Waals surface area contributed by atoms with Crippen molar-refractivity contribution in [2.24, 2.45) is 0 Å². The molecule has 0 saturated heterocycles. The van der Waals surface area contributed by atoms with E-state index in [1.807, 2.05) is 20.8 Å². The van der Waals surface area contributed by atoms with E-state index in [-0.39, 0.29) is 11.1 Å². The Morgan fingerprint density at radius 1 is 1.33 bits per heavy atom. The average molecular weight is 247 g/mol. The van der Waals surface area contributed by atoms with Crippen molar-refractivity contribution in [3.63, 3.8) is 0 Å². The second kappa shape index (κ2) is 4.05. The number of aromatic nitrogens is 1. The van der Waals surface area contributed by atoms with Crippen LogP contribution in [0.25, 0.3) is 10.9 Å². The molecule has 0 aliphatic rings. The number of aromatic carboxylic acids is 1. The molecule has 0 saturated carbocycles. The maximum Gasteiger partial charge on any atom is 0.337 e. The summed E-state index contributed by atoms with van der Waals surface area (Å²) in [4.78, 5) is 15.2. The van der Waals surface area contributed by atoms with Crippen LogP contribution in [0.3, 0.4) is 0 Å². The highest BCUT2D eigenvalue weighted by atomic mass is 19.1. The number of nitrogens with zero attached hydrogens (tertiary/aromatic N) is 1. The molecule has 1 heterocycles. The Labute approximate surface area is 104 Å². The first-order valence-electron chi connectivity index (χ1n) is 5.63. The van der Waals surface area contributed by atoms with Crippen LogP contribution in [-0.2, 0) is 5.41 Å². The molecule has 1 aromatic heterocycles. The highest BCUT2D eigenvalue weighted by molar-refractivity contribution is 5.96. The number of pyridine rings is 1. The highest BCUT2D eigenvalue weighted by Crippen LogP contribution is 2.32. The monoisotopic (exact) mass is 247 g/mol. The predicted molar refractivity (Wildman–Crippen MR) is 67.4 cm³/mol. The molecule has 0 bridgehead atoms. The van der Waals surface area contributed by atoms with Gasteiger partial charge in [0.25, 0.3) is 0 Å². The van der Waals surface area contributed by atoms with E-state index in [9.17, 15) is 14.3 Å². The van der Waals surface area contributed by atoms with Crippen LogP contribution in [0.2, 0.25) is 0 Å². The summed E-state index contributed by atoms with van der Waals surface area (Å²) in [5.74, 6) is -1.48. The van der Waals surface area contributed by atoms with Crippen molar-refractivity contribution in [1.29, 1.82) is 0 Å².